The monoisotopic (exact) mass is 336 g/mol. The van der Waals surface area contributed by atoms with Crippen LogP contribution in [-0.4, -0.2) is 29.6 Å². The first-order valence-electron chi connectivity index (χ1n) is 7.95. The van der Waals surface area contributed by atoms with Gasteiger partial charge in [-0.05, 0) is 50.8 Å². The van der Waals surface area contributed by atoms with Crippen LogP contribution in [0.1, 0.15) is 51.1 Å². The zero-order chi connectivity index (χ0) is 14.1. The lowest BCUT2D eigenvalue weighted by atomic mass is 9.95. The lowest BCUT2D eigenvalue weighted by Crippen LogP contribution is -2.48. The maximum atomic E-state index is 3.75. The zero-order valence-corrected chi connectivity index (χ0v) is 14.1. The highest BCUT2D eigenvalue weighted by atomic mass is 79.9. The van der Waals surface area contributed by atoms with Crippen LogP contribution < -0.4 is 5.32 Å². The van der Waals surface area contributed by atoms with Gasteiger partial charge in [0.1, 0.15) is 0 Å². The Morgan fingerprint density at radius 1 is 1.25 bits per heavy atom. The first-order chi connectivity index (χ1) is 9.69. The highest BCUT2D eigenvalue weighted by Gasteiger charge is 2.37. The van der Waals surface area contributed by atoms with Crippen LogP contribution in [0.2, 0.25) is 0 Å². The van der Waals surface area contributed by atoms with Crippen molar-refractivity contribution in [1.82, 2.24) is 10.2 Å². The van der Waals surface area contributed by atoms with Gasteiger partial charge in [0.25, 0.3) is 0 Å². The molecule has 3 atom stereocenters. The van der Waals surface area contributed by atoms with Gasteiger partial charge < -0.3 is 5.32 Å². The molecular weight excluding hydrogens is 312 g/mol. The summed E-state index contributed by atoms with van der Waals surface area (Å²) in [7, 11) is 0. The summed E-state index contributed by atoms with van der Waals surface area (Å²) in [4.78, 5) is 2.70. The number of piperidine rings is 1. The maximum Gasteiger partial charge on any atom is 0.0333 e. The molecular formula is C17H25BrN2. The van der Waals surface area contributed by atoms with Gasteiger partial charge in [0.05, 0.1) is 0 Å². The van der Waals surface area contributed by atoms with Gasteiger partial charge in [0.2, 0.25) is 0 Å². The standard InChI is InChI=1S/C17H25BrN2/c1-3-20(12(2)16-6-4-5-7-17(16)18)15-10-13-8-9-14(11-15)19-13/h4-7,12-15,19H,3,8-11H2,1-2H3. The Kier molecular flexibility index (Phi) is 4.49. The molecule has 2 aliphatic rings. The Morgan fingerprint density at radius 2 is 1.90 bits per heavy atom. The van der Waals surface area contributed by atoms with Crippen molar-refractivity contribution in [1.29, 1.82) is 0 Å². The predicted molar refractivity (Wildman–Crippen MR) is 87.9 cm³/mol. The van der Waals surface area contributed by atoms with Crippen LogP contribution >= 0.6 is 15.9 Å². The Morgan fingerprint density at radius 3 is 2.50 bits per heavy atom. The molecule has 0 radical (unpaired) electrons. The molecule has 0 saturated carbocycles. The van der Waals surface area contributed by atoms with Crippen molar-refractivity contribution in [2.24, 2.45) is 0 Å². The summed E-state index contributed by atoms with van der Waals surface area (Å²) in [5.41, 5.74) is 1.42. The summed E-state index contributed by atoms with van der Waals surface area (Å²) in [6, 6.07) is 11.4. The van der Waals surface area contributed by atoms with Gasteiger partial charge >= 0.3 is 0 Å². The van der Waals surface area contributed by atoms with Gasteiger partial charge in [-0.2, -0.15) is 0 Å². The fraction of sp³-hybridized carbons (Fsp3) is 0.647. The van der Waals surface area contributed by atoms with Crippen LogP contribution in [0.5, 0.6) is 0 Å². The van der Waals surface area contributed by atoms with E-state index >= 15 is 0 Å². The molecule has 3 rings (SSSR count). The van der Waals surface area contributed by atoms with E-state index in [1.54, 1.807) is 0 Å². The summed E-state index contributed by atoms with van der Waals surface area (Å²) in [5, 5.41) is 3.75. The fourth-order valence-corrected chi connectivity index (χ4v) is 4.75. The highest BCUT2D eigenvalue weighted by Crippen LogP contribution is 2.35. The lowest BCUT2D eigenvalue weighted by molar-refractivity contribution is 0.107. The van der Waals surface area contributed by atoms with E-state index in [1.165, 1.54) is 35.7 Å². The number of rotatable bonds is 4. The molecule has 3 unspecified atom stereocenters. The van der Waals surface area contributed by atoms with Gasteiger partial charge in [-0.1, -0.05) is 41.1 Å². The van der Waals surface area contributed by atoms with Crippen molar-refractivity contribution in [3.63, 3.8) is 0 Å². The molecule has 2 saturated heterocycles. The Labute approximate surface area is 131 Å². The summed E-state index contributed by atoms with van der Waals surface area (Å²) in [6.07, 6.45) is 5.39. The van der Waals surface area contributed by atoms with Crippen LogP contribution in [0.4, 0.5) is 0 Å². The topological polar surface area (TPSA) is 15.3 Å². The minimum Gasteiger partial charge on any atom is -0.311 e. The van der Waals surface area contributed by atoms with Crippen molar-refractivity contribution in [3.8, 4) is 0 Å². The van der Waals surface area contributed by atoms with Gasteiger partial charge in [-0.15, -0.1) is 0 Å². The normalized spacial score (nSPS) is 30.7. The molecule has 2 nitrogen and oxygen atoms in total. The van der Waals surface area contributed by atoms with Gasteiger partial charge in [-0.25, -0.2) is 0 Å². The van der Waals surface area contributed by atoms with E-state index < -0.39 is 0 Å². The maximum absolute atomic E-state index is 3.75. The Balaban J connectivity index is 1.77. The minimum atomic E-state index is 0.484. The molecule has 2 heterocycles. The average molecular weight is 337 g/mol. The van der Waals surface area contributed by atoms with Crippen LogP contribution in [0, 0.1) is 0 Å². The van der Waals surface area contributed by atoms with Crippen LogP contribution in [-0.2, 0) is 0 Å². The second-order valence-electron chi connectivity index (χ2n) is 6.29. The summed E-state index contributed by atoms with van der Waals surface area (Å²) >= 11 is 3.72. The number of nitrogens with one attached hydrogen (secondary N) is 1. The quantitative estimate of drug-likeness (QED) is 0.889. The molecule has 1 aromatic rings. The van der Waals surface area contributed by atoms with Gasteiger partial charge in [0.15, 0.2) is 0 Å². The van der Waals surface area contributed by atoms with Gasteiger partial charge in [-0.3, -0.25) is 4.90 Å². The van der Waals surface area contributed by atoms with Crippen LogP contribution in [0.25, 0.3) is 0 Å². The lowest BCUT2D eigenvalue weighted by Gasteiger charge is -2.41. The molecule has 3 heteroatoms. The van der Waals surface area contributed by atoms with Crippen molar-refractivity contribution in [2.45, 2.75) is 63.7 Å². The van der Waals surface area contributed by atoms with E-state index in [0.29, 0.717) is 6.04 Å². The summed E-state index contributed by atoms with van der Waals surface area (Å²) in [5.74, 6) is 0. The molecule has 2 bridgehead atoms. The van der Waals surface area contributed by atoms with E-state index in [9.17, 15) is 0 Å². The van der Waals surface area contributed by atoms with E-state index in [-0.39, 0.29) is 0 Å². The SMILES string of the molecule is CCN(C1CC2CCC(C1)N2)C(C)c1ccccc1Br. The van der Waals surface area contributed by atoms with Crippen LogP contribution in [0.3, 0.4) is 0 Å². The fourth-order valence-electron chi connectivity index (χ4n) is 4.14. The van der Waals surface area contributed by atoms with E-state index in [4.69, 9.17) is 0 Å². The molecule has 0 amide bonds. The molecule has 2 fully saturated rings. The third-order valence-electron chi connectivity index (χ3n) is 5.14. The zero-order valence-electron chi connectivity index (χ0n) is 12.5. The number of benzene rings is 1. The van der Waals surface area contributed by atoms with Crippen molar-refractivity contribution in [3.05, 3.63) is 34.3 Å². The van der Waals surface area contributed by atoms with Crippen molar-refractivity contribution < 1.29 is 0 Å². The molecule has 0 aliphatic carbocycles. The number of hydrogen-bond donors (Lipinski definition) is 1. The second kappa shape index (κ2) is 6.17. The first kappa shape index (κ1) is 14.6. The van der Waals surface area contributed by atoms with E-state index in [1.807, 2.05) is 0 Å². The molecule has 1 N–H and O–H groups in total. The van der Waals surface area contributed by atoms with E-state index in [2.05, 4.69) is 64.3 Å². The number of fused-ring (bicyclic) bond motifs is 2. The number of nitrogens with zero attached hydrogens (tertiary/aromatic N) is 1. The highest BCUT2D eigenvalue weighted by molar-refractivity contribution is 9.10. The van der Waals surface area contributed by atoms with Crippen molar-refractivity contribution >= 4 is 15.9 Å². The predicted octanol–water partition coefficient (Wildman–Crippen LogP) is 4.12. The smallest absolute Gasteiger partial charge is 0.0333 e. The summed E-state index contributed by atoms with van der Waals surface area (Å²) < 4.78 is 1.24. The largest absolute Gasteiger partial charge is 0.311 e. The average Bonchev–Trinajstić information content (AvgIpc) is 2.79. The van der Waals surface area contributed by atoms with Crippen LogP contribution in [0.15, 0.2) is 28.7 Å². The van der Waals surface area contributed by atoms with Gasteiger partial charge in [0, 0.05) is 28.6 Å². The molecule has 110 valence electrons. The molecule has 2 aliphatic heterocycles. The Hall–Kier alpha value is -0.380. The molecule has 1 aromatic carbocycles. The van der Waals surface area contributed by atoms with Crippen molar-refractivity contribution in [2.75, 3.05) is 6.54 Å². The van der Waals surface area contributed by atoms with E-state index in [0.717, 1.165) is 24.7 Å². The summed E-state index contributed by atoms with van der Waals surface area (Å²) in [6.45, 7) is 5.79. The second-order valence-corrected chi connectivity index (χ2v) is 7.15. The third kappa shape index (κ3) is 2.81. The molecule has 0 aromatic heterocycles. The number of hydrogen-bond acceptors (Lipinski definition) is 2. The number of halogens is 1. The first-order valence-corrected chi connectivity index (χ1v) is 8.74. The molecule has 0 spiro atoms. The third-order valence-corrected chi connectivity index (χ3v) is 5.86. The Bertz CT molecular complexity index is 450. The molecule has 20 heavy (non-hydrogen) atoms. The minimum absolute atomic E-state index is 0.484.